The SMILES string of the molecule is [C-]#[N+]C1=C[C@]2(C)c3nn(C)c(-c4ccc5ccccc5c4)c3CC[C@H]2C(C)(C)C1=O. The zero-order chi connectivity index (χ0) is 21.3. The van der Waals surface area contributed by atoms with Crippen molar-refractivity contribution >= 4 is 16.6 Å². The van der Waals surface area contributed by atoms with Crippen LogP contribution >= 0.6 is 0 Å². The summed E-state index contributed by atoms with van der Waals surface area (Å²) in [6.07, 6.45) is 3.70. The quantitative estimate of drug-likeness (QED) is 0.512. The van der Waals surface area contributed by atoms with Gasteiger partial charge in [0.05, 0.1) is 18.0 Å². The summed E-state index contributed by atoms with van der Waals surface area (Å²) in [5.41, 5.74) is 3.84. The Morgan fingerprint density at radius 3 is 2.60 bits per heavy atom. The van der Waals surface area contributed by atoms with E-state index < -0.39 is 10.8 Å². The third-order valence-electron chi connectivity index (χ3n) is 7.33. The Balaban J connectivity index is 1.73. The summed E-state index contributed by atoms with van der Waals surface area (Å²) < 4.78 is 1.98. The van der Waals surface area contributed by atoms with Crippen LogP contribution < -0.4 is 0 Å². The number of ketones is 1. The van der Waals surface area contributed by atoms with Crippen molar-refractivity contribution in [1.82, 2.24) is 9.78 Å². The highest BCUT2D eigenvalue weighted by Gasteiger charge is 2.55. The molecule has 0 amide bonds. The number of nitrogens with zero attached hydrogens (tertiary/aromatic N) is 3. The lowest BCUT2D eigenvalue weighted by molar-refractivity contribution is -0.128. The molecule has 2 atom stereocenters. The highest BCUT2D eigenvalue weighted by molar-refractivity contribution is 6.02. The number of carbonyl (C=O) groups excluding carboxylic acids is 1. The molecule has 0 saturated heterocycles. The monoisotopic (exact) mass is 395 g/mol. The van der Waals surface area contributed by atoms with E-state index in [0.717, 1.165) is 29.8 Å². The fourth-order valence-electron chi connectivity index (χ4n) is 5.89. The number of aryl methyl sites for hydroxylation is 1. The van der Waals surface area contributed by atoms with Crippen molar-refractivity contribution in [2.45, 2.75) is 39.0 Å². The molecule has 1 aromatic heterocycles. The van der Waals surface area contributed by atoms with E-state index >= 15 is 0 Å². The zero-order valence-electron chi connectivity index (χ0n) is 17.9. The molecule has 0 bridgehead atoms. The van der Waals surface area contributed by atoms with Crippen LogP contribution in [0.15, 0.2) is 54.2 Å². The third-order valence-corrected chi connectivity index (χ3v) is 7.33. The zero-order valence-corrected chi connectivity index (χ0v) is 17.9. The van der Waals surface area contributed by atoms with Gasteiger partial charge in [-0.25, -0.2) is 4.85 Å². The topological polar surface area (TPSA) is 39.2 Å². The Kier molecular flexibility index (Phi) is 3.86. The number of hydrogen-bond donors (Lipinski definition) is 0. The second kappa shape index (κ2) is 6.15. The average molecular weight is 396 g/mol. The summed E-state index contributed by atoms with van der Waals surface area (Å²) in [7, 11) is 2.00. The standard InChI is InChI=1S/C26H25N3O/c1-25(2)21-13-12-19-22(18-11-10-16-8-6-7-9-17(16)14-18)29(5)28-23(19)26(21,3)15-20(27-4)24(25)30/h6-11,14-15,21H,12-13H2,1-3,5H3/t21-,26-/m0/s1. The summed E-state index contributed by atoms with van der Waals surface area (Å²) in [4.78, 5) is 16.5. The van der Waals surface area contributed by atoms with Gasteiger partial charge in [-0.1, -0.05) is 63.2 Å². The summed E-state index contributed by atoms with van der Waals surface area (Å²) >= 11 is 0. The Labute approximate surface area is 177 Å². The smallest absolute Gasteiger partial charge is 0.226 e. The molecule has 2 aromatic carbocycles. The maximum atomic E-state index is 12.9. The second-order valence-electron chi connectivity index (χ2n) is 9.43. The van der Waals surface area contributed by atoms with E-state index in [4.69, 9.17) is 11.7 Å². The molecule has 2 aliphatic carbocycles. The molecule has 0 spiro atoms. The first kappa shape index (κ1) is 18.8. The van der Waals surface area contributed by atoms with Gasteiger partial charge in [0.1, 0.15) is 0 Å². The van der Waals surface area contributed by atoms with Crippen LogP contribution in [-0.2, 0) is 23.7 Å². The van der Waals surface area contributed by atoms with Gasteiger partial charge < -0.3 is 4.79 Å². The molecule has 150 valence electrons. The first-order valence-corrected chi connectivity index (χ1v) is 10.5. The Morgan fingerprint density at radius 2 is 1.87 bits per heavy atom. The number of fused-ring (bicyclic) bond motifs is 4. The fourth-order valence-corrected chi connectivity index (χ4v) is 5.89. The van der Waals surface area contributed by atoms with Gasteiger partial charge in [-0.15, -0.1) is 0 Å². The van der Waals surface area contributed by atoms with Gasteiger partial charge in [0.15, 0.2) is 5.78 Å². The molecule has 5 rings (SSSR count). The predicted molar refractivity (Wildman–Crippen MR) is 119 cm³/mol. The van der Waals surface area contributed by atoms with Gasteiger partial charge >= 0.3 is 0 Å². The van der Waals surface area contributed by atoms with Gasteiger partial charge in [0.2, 0.25) is 5.70 Å². The lowest BCUT2D eigenvalue weighted by Crippen LogP contribution is -2.50. The molecule has 3 aromatic rings. The van der Waals surface area contributed by atoms with Crippen molar-refractivity contribution in [2.24, 2.45) is 18.4 Å². The number of carbonyl (C=O) groups is 1. The summed E-state index contributed by atoms with van der Waals surface area (Å²) in [6, 6.07) is 15.0. The molecule has 4 heteroatoms. The van der Waals surface area contributed by atoms with Crippen molar-refractivity contribution < 1.29 is 4.79 Å². The predicted octanol–water partition coefficient (Wildman–Crippen LogP) is 5.47. The lowest BCUT2D eigenvalue weighted by Gasteiger charge is -2.49. The summed E-state index contributed by atoms with van der Waals surface area (Å²) in [5, 5.41) is 7.42. The lowest BCUT2D eigenvalue weighted by atomic mass is 9.53. The van der Waals surface area contributed by atoms with Crippen LogP contribution in [-0.4, -0.2) is 15.6 Å². The van der Waals surface area contributed by atoms with Crippen molar-refractivity contribution in [2.75, 3.05) is 0 Å². The summed E-state index contributed by atoms with van der Waals surface area (Å²) in [5.74, 6) is 0.101. The van der Waals surface area contributed by atoms with Crippen LogP contribution in [0.3, 0.4) is 0 Å². The van der Waals surface area contributed by atoms with Crippen molar-refractivity contribution in [3.05, 3.63) is 76.9 Å². The number of hydrogen-bond acceptors (Lipinski definition) is 2. The minimum absolute atomic E-state index is 0.0332. The highest BCUT2D eigenvalue weighted by atomic mass is 16.1. The van der Waals surface area contributed by atoms with E-state index in [1.807, 2.05) is 31.7 Å². The maximum Gasteiger partial charge on any atom is 0.226 e. The number of benzene rings is 2. The van der Waals surface area contributed by atoms with Crippen LogP contribution in [0.25, 0.3) is 26.9 Å². The fraction of sp³-hybridized carbons (Fsp3) is 0.346. The van der Waals surface area contributed by atoms with Crippen LogP contribution in [0.2, 0.25) is 0 Å². The van der Waals surface area contributed by atoms with Gasteiger partial charge in [-0.3, -0.25) is 4.68 Å². The molecule has 0 radical (unpaired) electrons. The molecular weight excluding hydrogens is 370 g/mol. The normalized spacial score (nSPS) is 24.7. The average Bonchev–Trinajstić information content (AvgIpc) is 3.08. The van der Waals surface area contributed by atoms with E-state index in [2.05, 4.69) is 54.2 Å². The Hall–Kier alpha value is -3.19. The largest absolute Gasteiger partial charge is 0.307 e. The van der Waals surface area contributed by atoms with E-state index in [0.29, 0.717) is 0 Å². The van der Waals surface area contributed by atoms with Gasteiger partial charge in [-0.2, -0.15) is 5.10 Å². The van der Waals surface area contributed by atoms with E-state index in [-0.39, 0.29) is 17.4 Å². The van der Waals surface area contributed by atoms with Crippen LogP contribution in [0, 0.1) is 17.9 Å². The highest BCUT2D eigenvalue weighted by Crippen LogP contribution is 2.55. The van der Waals surface area contributed by atoms with E-state index in [1.165, 1.54) is 16.3 Å². The van der Waals surface area contributed by atoms with Crippen LogP contribution in [0.1, 0.15) is 38.4 Å². The molecule has 0 aliphatic heterocycles. The second-order valence-corrected chi connectivity index (χ2v) is 9.43. The van der Waals surface area contributed by atoms with Crippen LogP contribution in [0.5, 0.6) is 0 Å². The molecule has 0 saturated carbocycles. The summed E-state index contributed by atoms with van der Waals surface area (Å²) in [6.45, 7) is 13.7. The van der Waals surface area contributed by atoms with Gasteiger partial charge in [0.25, 0.3) is 0 Å². The minimum Gasteiger partial charge on any atom is -0.307 e. The van der Waals surface area contributed by atoms with Gasteiger partial charge in [0, 0.05) is 29.0 Å². The molecule has 2 aliphatic rings. The van der Waals surface area contributed by atoms with Crippen molar-refractivity contribution in [1.29, 1.82) is 0 Å². The third kappa shape index (κ3) is 2.38. The molecule has 0 fully saturated rings. The minimum atomic E-state index is -0.568. The molecular formula is C26H25N3O. The molecule has 1 heterocycles. The molecule has 0 unspecified atom stereocenters. The maximum absolute atomic E-state index is 12.9. The number of allylic oxidation sites excluding steroid dienone is 2. The van der Waals surface area contributed by atoms with Crippen molar-refractivity contribution in [3.8, 4) is 11.3 Å². The number of Topliss-reactive ketones (excluding diaryl/α,β-unsaturated/α-hetero) is 1. The van der Waals surface area contributed by atoms with E-state index in [9.17, 15) is 4.79 Å². The Morgan fingerprint density at radius 1 is 1.13 bits per heavy atom. The first-order valence-electron chi connectivity index (χ1n) is 10.5. The molecule has 30 heavy (non-hydrogen) atoms. The van der Waals surface area contributed by atoms with Gasteiger partial charge in [-0.05, 0) is 35.6 Å². The number of aromatic nitrogens is 2. The molecule has 4 nitrogen and oxygen atoms in total. The van der Waals surface area contributed by atoms with E-state index in [1.54, 1.807) is 0 Å². The Bertz CT molecular complexity index is 1290. The number of rotatable bonds is 1. The van der Waals surface area contributed by atoms with Crippen LogP contribution in [0.4, 0.5) is 0 Å². The van der Waals surface area contributed by atoms with Crippen molar-refractivity contribution in [3.63, 3.8) is 0 Å². The first-order chi connectivity index (χ1) is 14.3. The molecule has 0 N–H and O–H groups in total.